The topological polar surface area (TPSA) is 98.9 Å². The van der Waals surface area contributed by atoms with Crippen LogP contribution in [0.25, 0.3) is 0 Å². The number of nitrogens with zero attached hydrogens (tertiary/aromatic N) is 1. The van der Waals surface area contributed by atoms with Gasteiger partial charge < -0.3 is 15.2 Å². The van der Waals surface area contributed by atoms with E-state index in [0.717, 1.165) is 4.90 Å². The Morgan fingerprint density at radius 3 is 2.67 bits per heavy atom. The van der Waals surface area contributed by atoms with Crippen LogP contribution in [0.3, 0.4) is 0 Å². The Balaban J connectivity index is 2.99. The number of anilines is 1. The zero-order chi connectivity index (χ0) is 15.8. The predicted molar refractivity (Wildman–Crippen MR) is 75.9 cm³/mol. The van der Waals surface area contributed by atoms with Crippen LogP contribution in [0.5, 0.6) is 0 Å². The third-order valence-corrected chi connectivity index (χ3v) is 2.51. The lowest BCUT2D eigenvalue weighted by Crippen LogP contribution is -2.40. The molecule has 21 heavy (non-hydrogen) atoms. The Bertz CT molecular complexity index is 556. The number of ether oxygens (including phenoxy) is 2. The average molecular weight is 292 g/mol. The summed E-state index contributed by atoms with van der Waals surface area (Å²) in [4.78, 5) is 35.4. The summed E-state index contributed by atoms with van der Waals surface area (Å²) in [6.07, 6.45) is 1.44. The molecular formula is C14H16N2O5. The fraction of sp³-hybridized carbons (Fsp3) is 0.214. The minimum atomic E-state index is -0.836. The van der Waals surface area contributed by atoms with Gasteiger partial charge in [-0.15, -0.1) is 0 Å². The molecule has 0 spiro atoms. The van der Waals surface area contributed by atoms with Gasteiger partial charge in [0.2, 0.25) is 0 Å². The quantitative estimate of drug-likeness (QED) is 0.625. The van der Waals surface area contributed by atoms with Gasteiger partial charge in [-0.25, -0.2) is 9.59 Å². The first-order chi connectivity index (χ1) is 9.99. The van der Waals surface area contributed by atoms with Gasteiger partial charge in [0, 0.05) is 5.69 Å². The van der Waals surface area contributed by atoms with Crippen LogP contribution >= 0.6 is 0 Å². The van der Waals surface area contributed by atoms with E-state index < -0.39 is 18.0 Å². The summed E-state index contributed by atoms with van der Waals surface area (Å²) in [5.74, 6) is -1.20. The van der Waals surface area contributed by atoms with E-state index in [1.165, 1.54) is 31.4 Å². The molecule has 112 valence electrons. The van der Waals surface area contributed by atoms with E-state index in [1.54, 1.807) is 6.07 Å². The molecule has 7 heteroatoms. The predicted octanol–water partition coefficient (Wildman–Crippen LogP) is 1.09. The van der Waals surface area contributed by atoms with Gasteiger partial charge in [-0.1, -0.05) is 18.7 Å². The summed E-state index contributed by atoms with van der Waals surface area (Å²) in [6.45, 7) is 3.16. The fourth-order valence-electron chi connectivity index (χ4n) is 1.51. The molecule has 2 N–H and O–H groups in total. The van der Waals surface area contributed by atoms with Crippen LogP contribution in [0.15, 0.2) is 36.9 Å². The van der Waals surface area contributed by atoms with Crippen LogP contribution in [-0.2, 0) is 14.3 Å². The van der Waals surface area contributed by atoms with Crippen molar-refractivity contribution >= 4 is 23.7 Å². The van der Waals surface area contributed by atoms with Gasteiger partial charge in [-0.2, -0.15) is 0 Å². The first-order valence-electron chi connectivity index (χ1n) is 6.01. The van der Waals surface area contributed by atoms with Crippen molar-refractivity contribution < 1.29 is 23.9 Å². The highest BCUT2D eigenvalue weighted by atomic mass is 16.5. The number of methoxy groups -OCH3 is 1. The Morgan fingerprint density at radius 2 is 2.10 bits per heavy atom. The van der Waals surface area contributed by atoms with Crippen molar-refractivity contribution in [2.75, 3.05) is 25.2 Å². The normalized spacial score (nSPS) is 9.57. The summed E-state index contributed by atoms with van der Waals surface area (Å²) >= 11 is 0. The summed E-state index contributed by atoms with van der Waals surface area (Å²) in [7, 11) is 1.20. The zero-order valence-electron chi connectivity index (χ0n) is 11.6. The van der Waals surface area contributed by atoms with Crippen LogP contribution in [0.2, 0.25) is 0 Å². The molecule has 0 unspecified atom stereocenters. The first kappa shape index (κ1) is 16.2. The number of hydrogen-bond donors (Lipinski definition) is 1. The molecule has 1 rings (SSSR count). The van der Waals surface area contributed by atoms with Crippen molar-refractivity contribution in [1.29, 1.82) is 0 Å². The first-order valence-corrected chi connectivity index (χ1v) is 6.01. The molecule has 0 heterocycles. The zero-order valence-corrected chi connectivity index (χ0v) is 11.6. The number of carbonyl (C=O) groups is 3. The number of carbonyl (C=O) groups excluding carboxylic acids is 3. The lowest BCUT2D eigenvalue weighted by atomic mass is 10.2. The highest BCUT2D eigenvalue weighted by molar-refractivity contribution is 5.97. The van der Waals surface area contributed by atoms with E-state index in [-0.39, 0.29) is 18.7 Å². The van der Waals surface area contributed by atoms with E-state index in [1.807, 2.05) is 0 Å². The molecule has 0 bridgehead atoms. The number of esters is 2. The van der Waals surface area contributed by atoms with Crippen molar-refractivity contribution in [2.24, 2.45) is 5.73 Å². The van der Waals surface area contributed by atoms with Gasteiger partial charge in [0.25, 0.3) is 0 Å². The largest absolute Gasteiger partial charge is 0.468 e. The van der Waals surface area contributed by atoms with E-state index in [2.05, 4.69) is 11.3 Å². The van der Waals surface area contributed by atoms with Crippen LogP contribution in [0.1, 0.15) is 10.4 Å². The SMILES string of the molecule is C=CCOC(=O)c1cccc(N(CC(=O)OC)C(N)=O)c1. The summed E-state index contributed by atoms with van der Waals surface area (Å²) < 4.78 is 9.38. The number of primary amides is 1. The number of benzene rings is 1. The molecule has 2 amide bonds. The van der Waals surface area contributed by atoms with Gasteiger partial charge >= 0.3 is 18.0 Å². The Hall–Kier alpha value is -2.83. The van der Waals surface area contributed by atoms with Gasteiger partial charge in [-0.3, -0.25) is 9.69 Å². The Labute approximate surface area is 121 Å². The summed E-state index contributed by atoms with van der Waals surface area (Å²) in [5.41, 5.74) is 5.75. The van der Waals surface area contributed by atoms with Gasteiger partial charge in [0.1, 0.15) is 13.2 Å². The van der Waals surface area contributed by atoms with Crippen molar-refractivity contribution in [3.05, 3.63) is 42.5 Å². The molecule has 0 aliphatic carbocycles. The molecular weight excluding hydrogens is 276 g/mol. The Morgan fingerprint density at radius 1 is 1.38 bits per heavy atom. The number of amides is 2. The second kappa shape index (κ2) is 7.68. The maximum atomic E-state index is 11.7. The maximum Gasteiger partial charge on any atom is 0.338 e. The van der Waals surface area contributed by atoms with E-state index in [0.29, 0.717) is 5.69 Å². The molecule has 0 atom stereocenters. The standard InChI is InChI=1S/C14H16N2O5/c1-3-7-21-13(18)10-5-4-6-11(8-10)16(14(15)19)9-12(17)20-2/h3-6,8H,1,7,9H2,2H3,(H2,15,19). The van der Waals surface area contributed by atoms with Gasteiger partial charge in [0.05, 0.1) is 12.7 Å². The third-order valence-electron chi connectivity index (χ3n) is 2.51. The highest BCUT2D eigenvalue weighted by Gasteiger charge is 2.18. The minimum absolute atomic E-state index is 0.0742. The molecule has 7 nitrogen and oxygen atoms in total. The number of nitrogens with two attached hydrogens (primary N) is 1. The lowest BCUT2D eigenvalue weighted by molar-refractivity contribution is -0.138. The van der Waals surface area contributed by atoms with Crippen LogP contribution in [0, 0.1) is 0 Å². The molecule has 0 radical (unpaired) electrons. The molecule has 0 aliphatic rings. The lowest BCUT2D eigenvalue weighted by Gasteiger charge is -2.19. The maximum absolute atomic E-state index is 11.7. The van der Waals surface area contributed by atoms with Crippen LogP contribution in [0.4, 0.5) is 10.5 Å². The molecule has 1 aromatic rings. The van der Waals surface area contributed by atoms with Crippen LogP contribution in [-0.4, -0.2) is 38.2 Å². The average Bonchev–Trinajstić information content (AvgIpc) is 2.49. The van der Waals surface area contributed by atoms with E-state index in [4.69, 9.17) is 10.5 Å². The second-order valence-corrected chi connectivity index (χ2v) is 3.94. The van der Waals surface area contributed by atoms with E-state index in [9.17, 15) is 14.4 Å². The molecule has 0 saturated heterocycles. The van der Waals surface area contributed by atoms with E-state index >= 15 is 0 Å². The smallest absolute Gasteiger partial charge is 0.338 e. The molecule has 0 aromatic heterocycles. The highest BCUT2D eigenvalue weighted by Crippen LogP contribution is 2.17. The summed E-state index contributed by atoms with van der Waals surface area (Å²) in [5, 5.41) is 0. The molecule has 0 aliphatic heterocycles. The molecule has 0 fully saturated rings. The van der Waals surface area contributed by atoms with Crippen molar-refractivity contribution in [2.45, 2.75) is 0 Å². The van der Waals surface area contributed by atoms with Gasteiger partial charge in [0.15, 0.2) is 0 Å². The number of rotatable bonds is 6. The molecule has 1 aromatic carbocycles. The van der Waals surface area contributed by atoms with Crippen molar-refractivity contribution in [3.8, 4) is 0 Å². The second-order valence-electron chi connectivity index (χ2n) is 3.94. The molecule has 0 saturated carbocycles. The third kappa shape index (κ3) is 4.64. The summed E-state index contributed by atoms with van der Waals surface area (Å²) in [6, 6.07) is 5.17. The Kier molecular flexibility index (Phi) is 5.94. The fourth-order valence-corrected chi connectivity index (χ4v) is 1.51. The van der Waals surface area contributed by atoms with Crippen LogP contribution < -0.4 is 10.6 Å². The number of hydrogen-bond acceptors (Lipinski definition) is 5. The van der Waals surface area contributed by atoms with Gasteiger partial charge in [-0.05, 0) is 18.2 Å². The van der Waals surface area contributed by atoms with Crippen molar-refractivity contribution in [1.82, 2.24) is 0 Å². The minimum Gasteiger partial charge on any atom is -0.468 e. The number of urea groups is 1. The monoisotopic (exact) mass is 292 g/mol. The van der Waals surface area contributed by atoms with Crippen molar-refractivity contribution in [3.63, 3.8) is 0 Å².